The summed E-state index contributed by atoms with van der Waals surface area (Å²) in [5, 5.41) is 4.69. The van der Waals surface area contributed by atoms with Crippen molar-refractivity contribution in [3.63, 3.8) is 0 Å². The Kier molecular flexibility index (Phi) is 6.56. The fourth-order valence-electron chi connectivity index (χ4n) is 8.18. The van der Waals surface area contributed by atoms with Crippen LogP contribution in [-0.2, 0) is 5.41 Å². The smallest absolute Gasteiger partial charge is 0.136 e. The van der Waals surface area contributed by atoms with Gasteiger partial charge in [-0.05, 0) is 116 Å². The van der Waals surface area contributed by atoms with Gasteiger partial charge in [0.25, 0.3) is 0 Å². The second-order valence-corrected chi connectivity index (χ2v) is 14.2. The van der Waals surface area contributed by atoms with E-state index in [1.165, 1.54) is 55.3 Å². The summed E-state index contributed by atoms with van der Waals surface area (Å²) in [6, 6.07) is 63.8. The Labute approximate surface area is 297 Å². The lowest BCUT2D eigenvalue weighted by Gasteiger charge is -2.27. The number of fused-ring (bicyclic) bond motifs is 7. The number of hydrogen-bond donors (Lipinski definition) is 0. The van der Waals surface area contributed by atoms with Crippen molar-refractivity contribution in [1.82, 2.24) is 0 Å². The molecule has 2 nitrogen and oxygen atoms in total. The van der Waals surface area contributed by atoms with Crippen molar-refractivity contribution < 1.29 is 4.42 Å². The van der Waals surface area contributed by atoms with Gasteiger partial charge in [-0.2, -0.15) is 0 Å². The van der Waals surface area contributed by atoms with Gasteiger partial charge in [-0.15, -0.1) is 0 Å². The standard InChI is InChI=1S/C49H35NO/c1-49(2)45-14-8-6-12-41(45)43-31-40(26-27-46(43)49)50(38-22-18-33(19-23-38)32-10-4-3-5-11-32)39-24-20-34(21-25-39)35-16-17-36-30-48-44(29-37(36)28-35)42-13-7-9-15-47(42)51-48/h3-31H,1-2H3. The Morgan fingerprint density at radius 3 is 1.78 bits per heavy atom. The maximum Gasteiger partial charge on any atom is 0.136 e. The first-order valence-corrected chi connectivity index (χ1v) is 17.7. The number of furan rings is 1. The highest BCUT2D eigenvalue weighted by Crippen LogP contribution is 2.50. The molecule has 0 aliphatic heterocycles. The Morgan fingerprint density at radius 2 is 1.00 bits per heavy atom. The minimum absolute atomic E-state index is 0.0371. The first-order valence-electron chi connectivity index (χ1n) is 17.7. The van der Waals surface area contributed by atoms with Gasteiger partial charge in [0, 0.05) is 33.2 Å². The molecule has 9 aromatic rings. The Balaban J connectivity index is 1.06. The number of hydrogen-bond acceptors (Lipinski definition) is 2. The van der Waals surface area contributed by atoms with Crippen LogP contribution in [0, 0.1) is 0 Å². The molecule has 1 aliphatic rings. The van der Waals surface area contributed by atoms with Crippen LogP contribution in [0.4, 0.5) is 17.1 Å². The van der Waals surface area contributed by atoms with E-state index in [1.54, 1.807) is 0 Å². The van der Waals surface area contributed by atoms with Crippen LogP contribution >= 0.6 is 0 Å². The van der Waals surface area contributed by atoms with Crippen LogP contribution in [0.1, 0.15) is 25.0 Å². The Morgan fingerprint density at radius 1 is 0.392 bits per heavy atom. The molecule has 10 rings (SSSR count). The summed E-state index contributed by atoms with van der Waals surface area (Å²) in [5.74, 6) is 0. The van der Waals surface area contributed by atoms with E-state index in [4.69, 9.17) is 4.42 Å². The largest absolute Gasteiger partial charge is 0.456 e. The zero-order chi connectivity index (χ0) is 34.1. The SMILES string of the molecule is CC1(C)c2ccccc2-c2cc(N(c3ccc(-c4ccccc4)cc3)c3ccc(-c4ccc5cc6oc7ccccc7c6cc5c4)cc3)ccc21. The maximum absolute atomic E-state index is 6.16. The third kappa shape index (κ3) is 4.79. The molecular formula is C49H35NO. The summed E-state index contributed by atoms with van der Waals surface area (Å²) in [5.41, 5.74) is 15.4. The first kappa shape index (κ1) is 29.5. The lowest BCUT2D eigenvalue weighted by Crippen LogP contribution is -2.15. The summed E-state index contributed by atoms with van der Waals surface area (Å²) in [7, 11) is 0. The molecular weight excluding hydrogens is 619 g/mol. The van der Waals surface area contributed by atoms with Crippen molar-refractivity contribution in [2.75, 3.05) is 4.90 Å². The van der Waals surface area contributed by atoms with E-state index in [1.807, 2.05) is 12.1 Å². The number of anilines is 3. The van der Waals surface area contributed by atoms with E-state index < -0.39 is 0 Å². The van der Waals surface area contributed by atoms with E-state index in [0.29, 0.717) is 0 Å². The molecule has 1 heterocycles. The highest BCUT2D eigenvalue weighted by Gasteiger charge is 2.35. The van der Waals surface area contributed by atoms with Gasteiger partial charge >= 0.3 is 0 Å². The fraction of sp³-hybridized carbons (Fsp3) is 0.0612. The van der Waals surface area contributed by atoms with Crippen molar-refractivity contribution in [2.45, 2.75) is 19.3 Å². The highest BCUT2D eigenvalue weighted by atomic mass is 16.3. The molecule has 0 saturated heterocycles. The zero-order valence-electron chi connectivity index (χ0n) is 28.6. The molecule has 1 aliphatic carbocycles. The minimum Gasteiger partial charge on any atom is -0.456 e. The van der Waals surface area contributed by atoms with Crippen LogP contribution < -0.4 is 4.90 Å². The molecule has 0 radical (unpaired) electrons. The molecule has 0 unspecified atom stereocenters. The number of rotatable bonds is 5. The molecule has 1 aromatic heterocycles. The van der Waals surface area contributed by atoms with Gasteiger partial charge in [0.15, 0.2) is 0 Å². The molecule has 0 saturated carbocycles. The molecule has 2 heteroatoms. The normalized spacial score (nSPS) is 13.1. The van der Waals surface area contributed by atoms with E-state index in [2.05, 4.69) is 183 Å². The van der Waals surface area contributed by atoms with E-state index in [0.717, 1.165) is 39.0 Å². The lowest BCUT2D eigenvalue weighted by molar-refractivity contribution is 0.660. The molecule has 51 heavy (non-hydrogen) atoms. The Bertz CT molecular complexity index is 2750. The number of nitrogens with zero attached hydrogens (tertiary/aromatic N) is 1. The van der Waals surface area contributed by atoms with Crippen molar-refractivity contribution in [3.05, 3.63) is 187 Å². The molecule has 242 valence electrons. The van der Waals surface area contributed by atoms with Gasteiger partial charge in [0.1, 0.15) is 11.2 Å². The summed E-state index contributed by atoms with van der Waals surface area (Å²) < 4.78 is 6.16. The van der Waals surface area contributed by atoms with Crippen LogP contribution in [0.3, 0.4) is 0 Å². The predicted octanol–water partition coefficient (Wildman–Crippen LogP) is 13.8. The quantitative estimate of drug-likeness (QED) is 0.184. The first-order chi connectivity index (χ1) is 25.0. The van der Waals surface area contributed by atoms with Crippen molar-refractivity contribution in [2.24, 2.45) is 0 Å². The van der Waals surface area contributed by atoms with Gasteiger partial charge in [0.05, 0.1) is 0 Å². The van der Waals surface area contributed by atoms with Crippen LogP contribution in [0.2, 0.25) is 0 Å². The maximum atomic E-state index is 6.16. The molecule has 0 N–H and O–H groups in total. The second kappa shape index (κ2) is 11.3. The molecule has 0 bridgehead atoms. The number of para-hydroxylation sites is 1. The highest BCUT2D eigenvalue weighted by molar-refractivity contribution is 6.10. The average molecular weight is 654 g/mol. The van der Waals surface area contributed by atoms with E-state index in [9.17, 15) is 0 Å². The van der Waals surface area contributed by atoms with Crippen LogP contribution in [-0.4, -0.2) is 0 Å². The van der Waals surface area contributed by atoms with Crippen molar-refractivity contribution in [3.8, 4) is 33.4 Å². The van der Waals surface area contributed by atoms with Gasteiger partial charge in [-0.3, -0.25) is 0 Å². The molecule has 0 fully saturated rings. The van der Waals surface area contributed by atoms with Crippen molar-refractivity contribution in [1.29, 1.82) is 0 Å². The summed E-state index contributed by atoms with van der Waals surface area (Å²) in [6.45, 7) is 4.67. The third-order valence-electron chi connectivity index (χ3n) is 10.9. The van der Waals surface area contributed by atoms with Crippen LogP contribution in [0.15, 0.2) is 180 Å². The zero-order valence-corrected chi connectivity index (χ0v) is 28.6. The van der Waals surface area contributed by atoms with Gasteiger partial charge < -0.3 is 9.32 Å². The lowest BCUT2D eigenvalue weighted by atomic mass is 9.82. The van der Waals surface area contributed by atoms with Crippen LogP contribution in [0.5, 0.6) is 0 Å². The van der Waals surface area contributed by atoms with Gasteiger partial charge in [-0.1, -0.05) is 129 Å². The predicted molar refractivity (Wildman–Crippen MR) is 214 cm³/mol. The molecule has 0 atom stereocenters. The van der Waals surface area contributed by atoms with E-state index >= 15 is 0 Å². The third-order valence-corrected chi connectivity index (χ3v) is 10.9. The average Bonchev–Trinajstić information content (AvgIpc) is 3.65. The van der Waals surface area contributed by atoms with Gasteiger partial charge in [-0.25, -0.2) is 0 Å². The fourth-order valence-corrected chi connectivity index (χ4v) is 8.18. The summed E-state index contributed by atoms with van der Waals surface area (Å²) >= 11 is 0. The molecule has 8 aromatic carbocycles. The molecule has 0 spiro atoms. The Hall–Kier alpha value is -6.38. The summed E-state index contributed by atoms with van der Waals surface area (Å²) in [6.07, 6.45) is 0. The summed E-state index contributed by atoms with van der Waals surface area (Å²) in [4.78, 5) is 2.38. The monoisotopic (exact) mass is 653 g/mol. The van der Waals surface area contributed by atoms with Gasteiger partial charge in [0.2, 0.25) is 0 Å². The number of benzene rings is 8. The van der Waals surface area contributed by atoms with E-state index in [-0.39, 0.29) is 5.41 Å². The molecule has 0 amide bonds. The topological polar surface area (TPSA) is 16.4 Å². The van der Waals surface area contributed by atoms with Crippen LogP contribution in [0.25, 0.3) is 66.1 Å². The van der Waals surface area contributed by atoms with Crippen molar-refractivity contribution >= 4 is 49.8 Å². The second-order valence-electron chi connectivity index (χ2n) is 14.2. The minimum atomic E-state index is -0.0371.